The van der Waals surface area contributed by atoms with Crippen LogP contribution < -0.4 is 5.73 Å². The average Bonchev–Trinajstić information content (AvgIpc) is 2.78. The molecule has 0 radical (unpaired) electrons. The van der Waals surface area contributed by atoms with Crippen molar-refractivity contribution >= 4 is 5.82 Å². The molecule has 74 valence electrons. The van der Waals surface area contributed by atoms with Crippen LogP contribution in [0.15, 0.2) is 12.3 Å². The number of aromatic nitrogens is 2. The van der Waals surface area contributed by atoms with Crippen LogP contribution in [-0.4, -0.2) is 9.97 Å². The molecule has 2 fully saturated rings. The summed E-state index contributed by atoms with van der Waals surface area (Å²) in [6.07, 6.45) is 7.25. The molecule has 3 heteroatoms. The van der Waals surface area contributed by atoms with E-state index in [2.05, 4.69) is 9.97 Å². The Kier molecular flexibility index (Phi) is 1.72. The van der Waals surface area contributed by atoms with Gasteiger partial charge in [-0.15, -0.1) is 0 Å². The number of nitrogens with zero attached hydrogens (tertiary/aromatic N) is 2. The quantitative estimate of drug-likeness (QED) is 0.734. The summed E-state index contributed by atoms with van der Waals surface area (Å²) in [5, 5.41) is 0. The van der Waals surface area contributed by atoms with Gasteiger partial charge in [0.1, 0.15) is 11.6 Å². The highest BCUT2D eigenvalue weighted by atomic mass is 14.9. The molecule has 3 unspecified atom stereocenters. The first kappa shape index (κ1) is 8.21. The van der Waals surface area contributed by atoms with Gasteiger partial charge in [-0.3, -0.25) is 0 Å². The minimum atomic E-state index is 0.595. The fourth-order valence-corrected chi connectivity index (χ4v) is 3.13. The number of nitrogens with two attached hydrogens (primary N) is 1. The van der Waals surface area contributed by atoms with E-state index in [9.17, 15) is 0 Å². The second-order valence-corrected chi connectivity index (χ2v) is 4.62. The zero-order chi connectivity index (χ0) is 9.54. The van der Waals surface area contributed by atoms with Gasteiger partial charge in [0.05, 0.1) is 0 Å². The zero-order valence-corrected chi connectivity index (χ0v) is 8.19. The van der Waals surface area contributed by atoms with E-state index < -0.39 is 0 Å². The van der Waals surface area contributed by atoms with Gasteiger partial charge in [-0.1, -0.05) is 6.42 Å². The van der Waals surface area contributed by atoms with Crippen LogP contribution in [0.4, 0.5) is 5.82 Å². The van der Waals surface area contributed by atoms with Crippen molar-refractivity contribution in [2.45, 2.75) is 31.6 Å². The van der Waals surface area contributed by atoms with Crippen molar-refractivity contribution in [2.24, 2.45) is 11.8 Å². The van der Waals surface area contributed by atoms with E-state index in [1.165, 1.54) is 25.7 Å². The first-order valence-corrected chi connectivity index (χ1v) is 5.41. The summed E-state index contributed by atoms with van der Waals surface area (Å²) >= 11 is 0. The third-order valence-electron chi connectivity index (χ3n) is 3.77. The molecule has 2 saturated carbocycles. The Morgan fingerprint density at radius 1 is 1.29 bits per heavy atom. The number of fused-ring (bicyclic) bond motifs is 2. The highest BCUT2D eigenvalue weighted by Gasteiger charge is 2.41. The molecule has 0 amide bonds. The van der Waals surface area contributed by atoms with Crippen molar-refractivity contribution in [3.8, 4) is 0 Å². The van der Waals surface area contributed by atoms with Gasteiger partial charge in [-0.25, -0.2) is 9.97 Å². The Hall–Kier alpha value is -1.12. The number of hydrogen-bond donors (Lipinski definition) is 1. The van der Waals surface area contributed by atoms with Crippen LogP contribution in [0.2, 0.25) is 0 Å². The van der Waals surface area contributed by atoms with Gasteiger partial charge >= 0.3 is 0 Å². The monoisotopic (exact) mass is 189 g/mol. The Balaban J connectivity index is 1.89. The van der Waals surface area contributed by atoms with Gasteiger partial charge in [0.25, 0.3) is 0 Å². The summed E-state index contributed by atoms with van der Waals surface area (Å²) in [4.78, 5) is 8.69. The molecule has 2 N–H and O–H groups in total. The molecule has 1 heterocycles. The van der Waals surface area contributed by atoms with Crippen molar-refractivity contribution < 1.29 is 0 Å². The Morgan fingerprint density at radius 2 is 2.21 bits per heavy atom. The predicted molar refractivity (Wildman–Crippen MR) is 54.6 cm³/mol. The first-order valence-electron chi connectivity index (χ1n) is 5.41. The van der Waals surface area contributed by atoms with Crippen molar-refractivity contribution in [3.63, 3.8) is 0 Å². The third kappa shape index (κ3) is 1.19. The molecule has 0 aromatic carbocycles. The number of hydrogen-bond acceptors (Lipinski definition) is 3. The Labute approximate surface area is 83.8 Å². The van der Waals surface area contributed by atoms with E-state index in [1.54, 1.807) is 12.3 Å². The molecular formula is C11H15N3. The maximum atomic E-state index is 5.67. The van der Waals surface area contributed by atoms with E-state index in [1.807, 2.05) is 0 Å². The van der Waals surface area contributed by atoms with Crippen LogP contribution in [0.3, 0.4) is 0 Å². The molecule has 2 aliphatic carbocycles. The minimum Gasteiger partial charge on any atom is -0.384 e. The second kappa shape index (κ2) is 2.94. The van der Waals surface area contributed by atoms with Crippen molar-refractivity contribution in [3.05, 3.63) is 18.1 Å². The van der Waals surface area contributed by atoms with Gasteiger partial charge in [-0.05, 0) is 37.2 Å². The first-order chi connectivity index (χ1) is 6.83. The lowest BCUT2D eigenvalue weighted by molar-refractivity contribution is 0.405. The van der Waals surface area contributed by atoms with Crippen LogP contribution in [0.25, 0.3) is 0 Å². The van der Waals surface area contributed by atoms with Crippen LogP contribution in [0.5, 0.6) is 0 Å². The molecule has 0 spiro atoms. The van der Waals surface area contributed by atoms with E-state index in [0.717, 1.165) is 17.7 Å². The number of nitrogen functional groups attached to an aromatic ring is 1. The third-order valence-corrected chi connectivity index (χ3v) is 3.77. The molecule has 2 bridgehead atoms. The lowest BCUT2D eigenvalue weighted by Gasteiger charge is -2.19. The minimum absolute atomic E-state index is 0.595. The fraction of sp³-hybridized carbons (Fsp3) is 0.636. The van der Waals surface area contributed by atoms with E-state index in [-0.39, 0.29) is 0 Å². The average molecular weight is 189 g/mol. The lowest BCUT2D eigenvalue weighted by atomic mass is 9.88. The topological polar surface area (TPSA) is 51.8 Å². The lowest BCUT2D eigenvalue weighted by Crippen LogP contribution is -2.12. The smallest absolute Gasteiger partial charge is 0.134 e. The Bertz CT molecular complexity index is 350. The number of anilines is 1. The summed E-state index contributed by atoms with van der Waals surface area (Å²) < 4.78 is 0. The van der Waals surface area contributed by atoms with Crippen LogP contribution in [0.1, 0.15) is 37.4 Å². The fourth-order valence-electron chi connectivity index (χ4n) is 3.13. The maximum Gasteiger partial charge on any atom is 0.134 e. The predicted octanol–water partition coefficient (Wildman–Crippen LogP) is 1.96. The van der Waals surface area contributed by atoms with Gasteiger partial charge in [0.2, 0.25) is 0 Å². The second-order valence-electron chi connectivity index (χ2n) is 4.62. The maximum absolute atomic E-state index is 5.67. The van der Waals surface area contributed by atoms with Crippen molar-refractivity contribution in [1.29, 1.82) is 0 Å². The summed E-state index contributed by atoms with van der Waals surface area (Å²) in [6, 6.07) is 1.76. The standard InChI is InChI=1S/C11H15N3/c12-10-3-4-13-11(14-10)9-6-7-1-2-8(9)5-7/h3-4,7-9H,1-2,5-6H2,(H2,12,13,14). The molecule has 0 saturated heterocycles. The van der Waals surface area contributed by atoms with Crippen LogP contribution >= 0.6 is 0 Å². The van der Waals surface area contributed by atoms with Gasteiger partial charge in [0.15, 0.2) is 0 Å². The molecule has 2 aliphatic rings. The highest BCUT2D eigenvalue weighted by molar-refractivity contribution is 5.26. The number of rotatable bonds is 1. The summed E-state index contributed by atoms with van der Waals surface area (Å²) in [5.74, 6) is 3.96. The molecule has 3 rings (SSSR count). The van der Waals surface area contributed by atoms with Crippen LogP contribution in [-0.2, 0) is 0 Å². The molecule has 3 nitrogen and oxygen atoms in total. The van der Waals surface area contributed by atoms with E-state index >= 15 is 0 Å². The zero-order valence-electron chi connectivity index (χ0n) is 8.19. The normalized spacial score (nSPS) is 35.0. The van der Waals surface area contributed by atoms with E-state index in [4.69, 9.17) is 5.73 Å². The van der Waals surface area contributed by atoms with Gasteiger partial charge in [-0.2, -0.15) is 0 Å². The van der Waals surface area contributed by atoms with E-state index in [0.29, 0.717) is 11.7 Å². The van der Waals surface area contributed by atoms with Crippen LogP contribution in [0, 0.1) is 11.8 Å². The molecule has 14 heavy (non-hydrogen) atoms. The van der Waals surface area contributed by atoms with Gasteiger partial charge in [0, 0.05) is 12.1 Å². The molecular weight excluding hydrogens is 174 g/mol. The highest BCUT2D eigenvalue weighted by Crippen LogP contribution is 2.51. The van der Waals surface area contributed by atoms with Crippen molar-refractivity contribution in [2.75, 3.05) is 5.73 Å². The molecule has 1 aromatic rings. The Morgan fingerprint density at radius 3 is 2.86 bits per heavy atom. The molecule has 1 aromatic heterocycles. The largest absolute Gasteiger partial charge is 0.384 e. The molecule has 3 atom stereocenters. The van der Waals surface area contributed by atoms with Gasteiger partial charge < -0.3 is 5.73 Å². The molecule has 0 aliphatic heterocycles. The van der Waals surface area contributed by atoms with Crippen molar-refractivity contribution in [1.82, 2.24) is 9.97 Å². The SMILES string of the molecule is Nc1ccnc(C2CC3CCC2C3)n1. The summed E-state index contributed by atoms with van der Waals surface area (Å²) in [6.45, 7) is 0. The summed E-state index contributed by atoms with van der Waals surface area (Å²) in [5.41, 5.74) is 5.67. The summed E-state index contributed by atoms with van der Waals surface area (Å²) in [7, 11) is 0.